The topological polar surface area (TPSA) is 121 Å². The number of hydrogen-bond donors (Lipinski definition) is 3. The number of carbonyl (C=O) groups excluding carboxylic acids is 1. The zero-order chi connectivity index (χ0) is 29.0. The lowest BCUT2D eigenvalue weighted by molar-refractivity contribution is -0.252. The van der Waals surface area contributed by atoms with E-state index in [1.54, 1.807) is 0 Å². The lowest BCUT2D eigenvalue weighted by Crippen LogP contribution is -2.38. The third kappa shape index (κ3) is 9.75. The molecule has 3 N–H and O–H groups in total. The highest BCUT2D eigenvalue weighted by molar-refractivity contribution is 5.76. The van der Waals surface area contributed by atoms with E-state index in [0.29, 0.717) is 19.4 Å². The molecular weight excluding hydrogens is 522 g/mol. The first kappa shape index (κ1) is 30.3. The molecule has 1 saturated heterocycles. The molecule has 3 aromatic rings. The minimum Gasteiger partial charge on any atom is -0.481 e. The second kappa shape index (κ2) is 15.4. The van der Waals surface area contributed by atoms with Gasteiger partial charge in [0.15, 0.2) is 6.29 Å². The molecular formula is C32H39N3O6. The number of aromatic nitrogens is 1. The maximum Gasteiger partial charge on any atom is 0.303 e. The number of aliphatic carboxylic acids is 1. The van der Waals surface area contributed by atoms with Gasteiger partial charge in [-0.3, -0.25) is 14.6 Å². The summed E-state index contributed by atoms with van der Waals surface area (Å²) >= 11 is 0. The molecule has 0 spiro atoms. The lowest BCUT2D eigenvalue weighted by Gasteiger charge is -2.38. The highest BCUT2D eigenvalue weighted by Gasteiger charge is 2.32. The summed E-state index contributed by atoms with van der Waals surface area (Å²) in [6, 6.07) is 21.6. The number of likely N-dealkylation sites (N-methyl/N-ethyl adjacent to an activating group) is 1. The first-order valence-electron chi connectivity index (χ1n) is 14.1. The van der Waals surface area contributed by atoms with Crippen molar-refractivity contribution in [2.45, 2.75) is 63.8 Å². The third-order valence-corrected chi connectivity index (χ3v) is 7.14. The normalized spacial score (nSPS) is 18.8. The molecule has 9 nitrogen and oxygen atoms in total. The Morgan fingerprint density at radius 2 is 1.71 bits per heavy atom. The fourth-order valence-electron chi connectivity index (χ4n) is 4.81. The van der Waals surface area contributed by atoms with E-state index in [0.717, 1.165) is 47.5 Å². The molecule has 0 saturated carbocycles. The summed E-state index contributed by atoms with van der Waals surface area (Å²) in [4.78, 5) is 29.3. The number of nitrogens with one attached hydrogen (secondary N) is 1. The number of ether oxygens (including phenoxy) is 2. The number of carboxylic acids is 1. The Hall–Kier alpha value is -3.63. The average molecular weight is 562 g/mol. The second-order valence-electron chi connectivity index (χ2n) is 10.4. The molecule has 1 fully saturated rings. The van der Waals surface area contributed by atoms with Gasteiger partial charge >= 0.3 is 5.97 Å². The van der Waals surface area contributed by atoms with Crippen molar-refractivity contribution in [3.05, 3.63) is 101 Å². The molecule has 9 heteroatoms. The first-order valence-corrected chi connectivity index (χ1v) is 14.1. The molecule has 1 aliphatic heterocycles. The molecule has 4 rings (SSSR count). The van der Waals surface area contributed by atoms with E-state index in [4.69, 9.17) is 14.6 Å². The van der Waals surface area contributed by atoms with Crippen LogP contribution in [0.1, 0.15) is 66.0 Å². The van der Waals surface area contributed by atoms with Crippen LogP contribution in [0.15, 0.2) is 72.9 Å². The molecule has 1 aliphatic rings. The number of aliphatic hydroxyl groups is 1. The summed E-state index contributed by atoms with van der Waals surface area (Å²) in [6.45, 7) is 1.96. The largest absolute Gasteiger partial charge is 0.481 e. The van der Waals surface area contributed by atoms with Gasteiger partial charge in [-0.1, -0.05) is 54.6 Å². The minimum absolute atomic E-state index is 0.00360. The quantitative estimate of drug-likeness (QED) is 0.268. The second-order valence-corrected chi connectivity index (χ2v) is 10.4. The van der Waals surface area contributed by atoms with E-state index in [9.17, 15) is 14.7 Å². The number of aliphatic hydroxyl groups excluding tert-OH is 1. The molecule has 3 unspecified atom stereocenters. The van der Waals surface area contributed by atoms with Crippen molar-refractivity contribution in [1.29, 1.82) is 0 Å². The van der Waals surface area contributed by atoms with E-state index < -0.39 is 12.3 Å². The molecule has 41 heavy (non-hydrogen) atoms. The van der Waals surface area contributed by atoms with Crippen LogP contribution in [0.3, 0.4) is 0 Å². The predicted molar refractivity (Wildman–Crippen MR) is 154 cm³/mol. The molecule has 2 heterocycles. The monoisotopic (exact) mass is 561 g/mol. The van der Waals surface area contributed by atoms with Gasteiger partial charge < -0.3 is 29.9 Å². The van der Waals surface area contributed by atoms with E-state index in [2.05, 4.69) is 22.2 Å². The van der Waals surface area contributed by atoms with Crippen LogP contribution in [-0.2, 0) is 38.6 Å². The Kier molecular flexibility index (Phi) is 11.4. The Balaban J connectivity index is 1.39. The Labute approximate surface area is 241 Å². The summed E-state index contributed by atoms with van der Waals surface area (Å²) in [7, 11) is 2.09. The molecule has 0 aliphatic carbocycles. The number of hydrogen-bond acceptors (Lipinski definition) is 7. The highest BCUT2D eigenvalue weighted by Crippen LogP contribution is 2.38. The van der Waals surface area contributed by atoms with E-state index in [-0.39, 0.29) is 37.6 Å². The van der Waals surface area contributed by atoms with Gasteiger partial charge in [-0.25, -0.2) is 0 Å². The van der Waals surface area contributed by atoms with Gasteiger partial charge in [-0.15, -0.1) is 0 Å². The van der Waals surface area contributed by atoms with Crippen LogP contribution in [0, 0.1) is 0 Å². The van der Waals surface area contributed by atoms with Gasteiger partial charge in [0.2, 0.25) is 5.91 Å². The molecule has 2 aromatic carbocycles. The number of nitrogens with zero attached hydrogens (tertiary/aromatic N) is 2. The van der Waals surface area contributed by atoms with Gasteiger partial charge in [0.05, 0.1) is 18.8 Å². The number of carboxylic acid groups (broad SMARTS) is 1. The molecule has 3 atom stereocenters. The van der Waals surface area contributed by atoms with Gasteiger partial charge in [0.1, 0.15) is 0 Å². The van der Waals surface area contributed by atoms with Crippen molar-refractivity contribution in [1.82, 2.24) is 15.2 Å². The smallest absolute Gasteiger partial charge is 0.303 e. The Morgan fingerprint density at radius 1 is 0.976 bits per heavy atom. The summed E-state index contributed by atoms with van der Waals surface area (Å²) in [5, 5.41) is 21.0. The van der Waals surface area contributed by atoms with Crippen LogP contribution in [0.5, 0.6) is 0 Å². The number of amides is 1. The Morgan fingerprint density at radius 3 is 2.39 bits per heavy atom. The fraction of sp³-hybridized carbons (Fsp3) is 0.406. The van der Waals surface area contributed by atoms with Crippen molar-refractivity contribution < 1.29 is 29.3 Å². The summed E-state index contributed by atoms with van der Waals surface area (Å²) in [5.74, 6) is -1.07. The zero-order valence-corrected chi connectivity index (χ0v) is 23.4. The molecule has 218 valence electrons. The predicted octanol–water partition coefficient (Wildman–Crippen LogP) is 4.16. The van der Waals surface area contributed by atoms with Crippen LogP contribution in [0.2, 0.25) is 0 Å². The molecule has 0 radical (unpaired) electrons. The van der Waals surface area contributed by atoms with Crippen molar-refractivity contribution in [3.8, 4) is 0 Å². The first-order chi connectivity index (χ1) is 19.9. The number of carbonyl (C=O) groups is 2. The lowest BCUT2D eigenvalue weighted by atomic mass is 9.99. The van der Waals surface area contributed by atoms with Gasteiger partial charge in [0.25, 0.3) is 0 Å². The zero-order valence-electron chi connectivity index (χ0n) is 23.4. The van der Waals surface area contributed by atoms with E-state index in [1.807, 2.05) is 72.9 Å². The van der Waals surface area contributed by atoms with E-state index >= 15 is 0 Å². The van der Waals surface area contributed by atoms with Crippen LogP contribution in [-0.4, -0.2) is 58.2 Å². The van der Waals surface area contributed by atoms with Gasteiger partial charge in [-0.2, -0.15) is 0 Å². The minimum atomic E-state index is -0.900. The third-order valence-electron chi connectivity index (χ3n) is 7.14. The van der Waals surface area contributed by atoms with Gasteiger partial charge in [0, 0.05) is 62.8 Å². The molecule has 1 amide bonds. The van der Waals surface area contributed by atoms with Crippen molar-refractivity contribution >= 4 is 11.9 Å². The maximum absolute atomic E-state index is 12.0. The summed E-state index contributed by atoms with van der Waals surface area (Å²) < 4.78 is 12.9. The summed E-state index contributed by atoms with van der Waals surface area (Å²) in [6.07, 6.45) is 3.08. The van der Waals surface area contributed by atoms with Crippen LogP contribution in [0.25, 0.3) is 0 Å². The number of rotatable bonds is 14. The standard InChI is InChI=1S/C32H39N3O6/c1-35(18-16-27-5-2-3-17-33-27)21-28-19-29(25-12-10-24(22-36)11-13-25)41-32(40-28)26-14-8-23(9-15-26)20-34-30(37)6-4-7-31(38)39/h2-3,5,8-15,17,28-29,32,36H,4,6-7,16,18-22H2,1H3,(H,34,37)(H,38,39). The van der Waals surface area contributed by atoms with Crippen molar-refractivity contribution in [2.75, 3.05) is 20.1 Å². The Bertz CT molecular complexity index is 1240. The SMILES string of the molecule is CN(CCc1ccccn1)CC1CC(c2ccc(CO)cc2)OC(c2ccc(CNC(=O)CCCC(=O)O)cc2)O1. The summed E-state index contributed by atoms with van der Waals surface area (Å²) in [5.41, 5.74) is 4.77. The van der Waals surface area contributed by atoms with Crippen LogP contribution < -0.4 is 5.32 Å². The van der Waals surface area contributed by atoms with Crippen LogP contribution in [0.4, 0.5) is 0 Å². The van der Waals surface area contributed by atoms with E-state index in [1.165, 1.54) is 0 Å². The van der Waals surface area contributed by atoms with Crippen molar-refractivity contribution in [2.24, 2.45) is 0 Å². The average Bonchev–Trinajstić information content (AvgIpc) is 2.99. The number of pyridine rings is 1. The molecule has 1 aromatic heterocycles. The van der Waals surface area contributed by atoms with Gasteiger partial charge in [-0.05, 0) is 42.3 Å². The highest BCUT2D eigenvalue weighted by atomic mass is 16.7. The fourth-order valence-corrected chi connectivity index (χ4v) is 4.81. The number of benzene rings is 2. The molecule has 0 bridgehead atoms. The van der Waals surface area contributed by atoms with Crippen LogP contribution >= 0.6 is 0 Å². The maximum atomic E-state index is 12.0. The van der Waals surface area contributed by atoms with Crippen molar-refractivity contribution in [3.63, 3.8) is 0 Å².